The molecule has 3 aromatic heterocycles. The van der Waals surface area contributed by atoms with Crippen molar-refractivity contribution in [2.45, 2.75) is 18.5 Å². The van der Waals surface area contributed by atoms with Crippen molar-refractivity contribution in [2.24, 2.45) is 15.0 Å². The molecule has 14 nitrogen and oxygen atoms in total. The first-order valence-corrected chi connectivity index (χ1v) is 11.8. The number of hydrogen-bond donors (Lipinski definition) is 6. The lowest BCUT2D eigenvalue weighted by Crippen LogP contribution is -2.43. The van der Waals surface area contributed by atoms with Gasteiger partial charge < -0.3 is 25.6 Å². The van der Waals surface area contributed by atoms with Gasteiger partial charge in [-0.15, -0.1) is 0 Å². The molecule has 0 fully saturated rings. The molecular weight excluding hydrogens is 534 g/mol. The van der Waals surface area contributed by atoms with Crippen LogP contribution < -0.4 is 27.2 Å². The van der Waals surface area contributed by atoms with Crippen LogP contribution in [0.25, 0.3) is 5.57 Å². The molecule has 182 valence electrons. The van der Waals surface area contributed by atoms with E-state index < -0.39 is 18.0 Å². The van der Waals surface area contributed by atoms with Crippen molar-refractivity contribution in [3.05, 3.63) is 61.5 Å². The highest BCUT2D eigenvalue weighted by Gasteiger charge is 2.36. The molecule has 6 rings (SSSR count). The van der Waals surface area contributed by atoms with Crippen LogP contribution in [0.5, 0.6) is 0 Å². The first-order chi connectivity index (χ1) is 17.4. The first-order valence-electron chi connectivity index (χ1n) is 11.0. The van der Waals surface area contributed by atoms with Gasteiger partial charge in [-0.3, -0.25) is 24.4 Å². The third-order valence-electron chi connectivity index (χ3n) is 6.21. The molecule has 0 aliphatic carbocycles. The molecule has 2 atom stereocenters. The molecule has 0 bridgehead atoms. The number of hydrogen-bond acceptors (Lipinski definition) is 6. The van der Waals surface area contributed by atoms with Crippen molar-refractivity contribution < 1.29 is 9.59 Å². The molecule has 3 aromatic rings. The van der Waals surface area contributed by atoms with Gasteiger partial charge in [0.25, 0.3) is 17.4 Å². The van der Waals surface area contributed by atoms with E-state index in [0.29, 0.717) is 51.1 Å². The van der Waals surface area contributed by atoms with Crippen molar-refractivity contribution in [2.75, 3.05) is 13.1 Å². The standard InChI is InChI=1S/C21H18BrN11O3/c22-12-7-26-16(30-12)18(35)27-6-11-15(10-5-28-20(23)29-10)32-21-31-14(19(36)33(11)21)9-2-4-25-17(34)13-8(9)1-3-24-13/h1,3,5,7,11,15,23-24H,2,4,6H2,(H,25,34)(H,26,30)(H,27,35)(H,31,32)/b14-9-,23-20?/t11-,15-/m0/s1. The predicted molar refractivity (Wildman–Crippen MR) is 131 cm³/mol. The fourth-order valence-corrected chi connectivity index (χ4v) is 4.90. The fourth-order valence-electron chi connectivity index (χ4n) is 4.61. The molecule has 36 heavy (non-hydrogen) atoms. The number of H-pyrrole nitrogens is 3. The number of aromatic amines is 3. The Labute approximate surface area is 209 Å². The maximum Gasteiger partial charge on any atom is 0.287 e. The van der Waals surface area contributed by atoms with E-state index in [9.17, 15) is 14.4 Å². The minimum absolute atomic E-state index is 0.0422. The number of aliphatic imine (C=N–C) groups is 2. The minimum Gasteiger partial charge on any atom is -0.357 e. The van der Waals surface area contributed by atoms with Crippen LogP contribution in [0.3, 0.4) is 0 Å². The number of rotatable bonds is 4. The number of imidazole rings is 2. The average Bonchev–Trinajstić information content (AvgIpc) is 3.66. The maximum atomic E-state index is 13.7. The molecule has 0 radical (unpaired) electrons. The smallest absolute Gasteiger partial charge is 0.287 e. The second-order valence-corrected chi connectivity index (χ2v) is 9.15. The van der Waals surface area contributed by atoms with E-state index in [1.54, 1.807) is 12.3 Å². The lowest BCUT2D eigenvalue weighted by atomic mass is 10.0. The molecule has 3 aliphatic heterocycles. The zero-order chi connectivity index (χ0) is 25.0. The topological polar surface area (TPSA) is 201 Å². The van der Waals surface area contributed by atoms with Gasteiger partial charge in [-0.1, -0.05) is 0 Å². The van der Waals surface area contributed by atoms with Crippen LogP contribution in [0, 0.1) is 5.41 Å². The lowest BCUT2D eigenvalue weighted by molar-refractivity contribution is 0.0934. The minimum atomic E-state index is -0.640. The quantitative estimate of drug-likeness (QED) is 0.235. The van der Waals surface area contributed by atoms with Crippen molar-refractivity contribution in [3.63, 3.8) is 0 Å². The zero-order valence-electron chi connectivity index (χ0n) is 18.4. The van der Waals surface area contributed by atoms with Gasteiger partial charge in [0.1, 0.15) is 21.7 Å². The summed E-state index contributed by atoms with van der Waals surface area (Å²) in [4.78, 5) is 64.2. The van der Waals surface area contributed by atoms with E-state index in [4.69, 9.17) is 5.41 Å². The van der Waals surface area contributed by atoms with Crippen LogP contribution in [0.15, 0.2) is 42.8 Å². The Bertz CT molecular complexity index is 1690. The number of nitrogens with one attached hydrogen (secondary N) is 6. The van der Waals surface area contributed by atoms with Gasteiger partial charge >= 0.3 is 0 Å². The summed E-state index contributed by atoms with van der Waals surface area (Å²) in [5, 5.41) is 13.6. The van der Waals surface area contributed by atoms with E-state index in [1.165, 1.54) is 17.0 Å². The number of aromatic nitrogens is 5. The lowest BCUT2D eigenvalue weighted by Gasteiger charge is -2.19. The molecule has 0 saturated carbocycles. The number of carbonyl (C=O) groups excluding carboxylic acids is 2. The van der Waals surface area contributed by atoms with Crippen LogP contribution in [0.2, 0.25) is 0 Å². The van der Waals surface area contributed by atoms with Gasteiger partial charge in [-0.25, -0.2) is 20.0 Å². The predicted octanol–water partition coefficient (Wildman–Crippen LogP) is -1.24. The summed E-state index contributed by atoms with van der Waals surface area (Å²) in [7, 11) is 0. The Hall–Kier alpha value is -4.40. The summed E-state index contributed by atoms with van der Waals surface area (Å²) in [6.45, 7) is 0.415. The number of halogens is 1. The Kier molecular flexibility index (Phi) is 5.13. The highest BCUT2D eigenvalue weighted by molar-refractivity contribution is 9.10. The third-order valence-corrected chi connectivity index (χ3v) is 6.61. The van der Waals surface area contributed by atoms with Crippen molar-refractivity contribution in [3.8, 4) is 0 Å². The van der Waals surface area contributed by atoms with Crippen molar-refractivity contribution >= 4 is 51.2 Å². The molecule has 0 spiro atoms. The maximum absolute atomic E-state index is 13.7. The molecule has 15 heteroatoms. The number of carbonyl (C=O) groups is 2. The van der Waals surface area contributed by atoms with E-state index >= 15 is 0 Å². The second-order valence-electron chi connectivity index (χ2n) is 8.30. The highest BCUT2D eigenvalue weighted by Crippen LogP contribution is 2.22. The van der Waals surface area contributed by atoms with Crippen LogP contribution in [0.4, 0.5) is 0 Å². The molecule has 0 aromatic carbocycles. The third kappa shape index (κ3) is 3.55. The fraction of sp³-hybridized carbons (Fsp3) is 0.238. The van der Waals surface area contributed by atoms with E-state index in [1.807, 2.05) is 0 Å². The zero-order valence-corrected chi connectivity index (χ0v) is 20.0. The molecule has 6 heterocycles. The number of amides is 2. The molecule has 0 unspecified atom stereocenters. The van der Waals surface area contributed by atoms with Crippen LogP contribution in [-0.4, -0.2) is 73.3 Å². The van der Waals surface area contributed by atoms with Crippen LogP contribution >= 0.6 is 15.9 Å². The SMILES string of the molecule is N=C1N=CC([C@@H]2N=c3[nH]/c(=C4/CCNC(=O)c5[nH]ccc54)c(=O)n3[C@H]2CNC(=O)c2ncc(Br)[nH]2)=N1. The van der Waals surface area contributed by atoms with Gasteiger partial charge in [-0.05, 0) is 34.0 Å². The number of nitrogens with zero attached hydrogens (tertiary/aromatic N) is 5. The summed E-state index contributed by atoms with van der Waals surface area (Å²) >= 11 is 3.22. The number of guanidine groups is 1. The summed E-state index contributed by atoms with van der Waals surface area (Å²) in [6.07, 6.45) is 5.01. The Morgan fingerprint density at radius 1 is 1.31 bits per heavy atom. The van der Waals surface area contributed by atoms with Gasteiger partial charge in [0.2, 0.25) is 11.6 Å². The van der Waals surface area contributed by atoms with Crippen molar-refractivity contribution in [1.29, 1.82) is 5.41 Å². The summed E-state index contributed by atoms with van der Waals surface area (Å²) in [5.41, 5.74) is 2.12. The largest absolute Gasteiger partial charge is 0.357 e. The van der Waals surface area contributed by atoms with E-state index in [-0.39, 0.29) is 29.8 Å². The highest BCUT2D eigenvalue weighted by atomic mass is 79.9. The van der Waals surface area contributed by atoms with Gasteiger partial charge in [-0.2, -0.15) is 0 Å². The van der Waals surface area contributed by atoms with Gasteiger partial charge in [0.15, 0.2) is 5.82 Å². The van der Waals surface area contributed by atoms with Crippen LogP contribution in [-0.2, 0) is 0 Å². The molecular formula is C21H18BrN11O3. The monoisotopic (exact) mass is 551 g/mol. The normalized spacial score (nSPS) is 22.0. The number of fused-ring (bicyclic) bond motifs is 2. The molecule has 2 amide bonds. The first kappa shape index (κ1) is 22.1. The van der Waals surface area contributed by atoms with Gasteiger partial charge in [0.05, 0.1) is 24.2 Å². The Morgan fingerprint density at radius 3 is 2.92 bits per heavy atom. The summed E-state index contributed by atoms with van der Waals surface area (Å²) < 4.78 is 2.04. The summed E-state index contributed by atoms with van der Waals surface area (Å²) in [6, 6.07) is 0.492. The van der Waals surface area contributed by atoms with Crippen LogP contribution in [0.1, 0.15) is 39.1 Å². The molecule has 3 aliphatic rings. The summed E-state index contributed by atoms with van der Waals surface area (Å²) in [5.74, 6) is -0.729. The Balaban J connectivity index is 1.44. The average molecular weight is 552 g/mol. The Morgan fingerprint density at radius 2 is 2.17 bits per heavy atom. The molecule has 6 N–H and O–H groups in total. The van der Waals surface area contributed by atoms with Crippen molar-refractivity contribution in [1.82, 2.24) is 35.1 Å². The van der Waals surface area contributed by atoms with E-state index in [2.05, 4.69) is 61.5 Å². The molecule has 0 saturated heterocycles. The van der Waals surface area contributed by atoms with E-state index in [0.717, 1.165) is 0 Å². The second kappa shape index (κ2) is 8.37. The van der Waals surface area contributed by atoms with Gasteiger partial charge in [0, 0.05) is 24.8 Å².